The van der Waals surface area contributed by atoms with Crippen LogP contribution in [0, 0.1) is 19.8 Å². The number of nitrogens with zero attached hydrogens (tertiary/aromatic N) is 3. The van der Waals surface area contributed by atoms with Gasteiger partial charge in [-0.15, -0.1) is 0 Å². The van der Waals surface area contributed by atoms with Crippen LogP contribution in [0.5, 0.6) is 0 Å². The summed E-state index contributed by atoms with van der Waals surface area (Å²) in [5, 5.41) is 3.02. The lowest BCUT2D eigenvalue weighted by Gasteiger charge is -2.31. The SMILES string of the molecule is Cc1cc(C)nc(N2CCC(C(=O)Nc3ccccc3Br)CC2)n1. The van der Waals surface area contributed by atoms with Gasteiger partial charge in [-0.05, 0) is 60.8 Å². The predicted molar refractivity (Wildman–Crippen MR) is 99.2 cm³/mol. The van der Waals surface area contributed by atoms with E-state index in [1.807, 2.05) is 44.2 Å². The largest absolute Gasteiger partial charge is 0.341 e. The fraction of sp³-hybridized carbons (Fsp3) is 0.389. The highest BCUT2D eigenvalue weighted by Gasteiger charge is 2.26. The number of halogens is 1. The van der Waals surface area contributed by atoms with Gasteiger partial charge in [0.15, 0.2) is 0 Å². The Morgan fingerprint density at radius 2 is 1.79 bits per heavy atom. The molecule has 0 radical (unpaired) electrons. The second-order valence-electron chi connectivity index (χ2n) is 6.18. The number of amides is 1. The van der Waals surface area contributed by atoms with E-state index in [0.717, 1.165) is 53.4 Å². The van der Waals surface area contributed by atoms with Crippen molar-refractivity contribution in [2.75, 3.05) is 23.3 Å². The van der Waals surface area contributed by atoms with Crippen LogP contribution in [0.2, 0.25) is 0 Å². The molecule has 0 aliphatic carbocycles. The summed E-state index contributed by atoms with van der Waals surface area (Å²) in [6, 6.07) is 9.65. The smallest absolute Gasteiger partial charge is 0.227 e. The molecule has 1 fully saturated rings. The van der Waals surface area contributed by atoms with Gasteiger partial charge in [0.25, 0.3) is 0 Å². The number of aromatic nitrogens is 2. The number of benzene rings is 1. The van der Waals surface area contributed by atoms with Crippen LogP contribution in [0.1, 0.15) is 24.2 Å². The van der Waals surface area contributed by atoms with Gasteiger partial charge in [0.1, 0.15) is 0 Å². The third-order valence-electron chi connectivity index (χ3n) is 4.25. The Kier molecular flexibility index (Phi) is 5.14. The van der Waals surface area contributed by atoms with Crippen LogP contribution in [-0.2, 0) is 4.79 Å². The molecule has 1 N–H and O–H groups in total. The molecule has 1 aliphatic heterocycles. The molecular formula is C18H21BrN4O. The van der Waals surface area contributed by atoms with Gasteiger partial charge < -0.3 is 10.2 Å². The van der Waals surface area contributed by atoms with Crippen molar-refractivity contribution >= 4 is 33.5 Å². The molecule has 5 nitrogen and oxygen atoms in total. The number of piperidine rings is 1. The molecule has 1 amide bonds. The zero-order valence-corrected chi connectivity index (χ0v) is 15.5. The first-order chi connectivity index (χ1) is 11.5. The highest BCUT2D eigenvalue weighted by molar-refractivity contribution is 9.10. The summed E-state index contributed by atoms with van der Waals surface area (Å²) in [5.74, 6) is 0.888. The highest BCUT2D eigenvalue weighted by atomic mass is 79.9. The summed E-state index contributed by atoms with van der Waals surface area (Å²) in [6.45, 7) is 5.57. The Balaban J connectivity index is 1.60. The average molecular weight is 389 g/mol. The molecule has 1 aliphatic rings. The number of rotatable bonds is 3. The van der Waals surface area contributed by atoms with Crippen LogP contribution >= 0.6 is 15.9 Å². The second-order valence-corrected chi connectivity index (χ2v) is 7.04. The second kappa shape index (κ2) is 7.30. The zero-order chi connectivity index (χ0) is 17.1. The number of carbonyl (C=O) groups is 1. The average Bonchev–Trinajstić information content (AvgIpc) is 2.56. The minimum Gasteiger partial charge on any atom is -0.341 e. The molecule has 0 atom stereocenters. The van der Waals surface area contributed by atoms with E-state index in [4.69, 9.17) is 0 Å². The van der Waals surface area contributed by atoms with Crippen molar-refractivity contribution in [2.45, 2.75) is 26.7 Å². The van der Waals surface area contributed by atoms with Gasteiger partial charge in [0, 0.05) is 34.9 Å². The van der Waals surface area contributed by atoms with Gasteiger partial charge in [-0.2, -0.15) is 0 Å². The Bertz CT molecular complexity index is 721. The van der Waals surface area contributed by atoms with Crippen LogP contribution in [0.4, 0.5) is 11.6 Å². The fourth-order valence-electron chi connectivity index (χ4n) is 2.99. The van der Waals surface area contributed by atoms with Crippen LogP contribution in [0.15, 0.2) is 34.8 Å². The molecule has 24 heavy (non-hydrogen) atoms. The molecule has 3 rings (SSSR count). The van der Waals surface area contributed by atoms with Crippen molar-refractivity contribution in [1.82, 2.24) is 9.97 Å². The molecule has 2 heterocycles. The summed E-state index contributed by atoms with van der Waals surface area (Å²) in [4.78, 5) is 23.7. The lowest BCUT2D eigenvalue weighted by atomic mass is 9.96. The number of hydrogen-bond donors (Lipinski definition) is 1. The first kappa shape index (κ1) is 16.9. The first-order valence-electron chi connectivity index (χ1n) is 8.15. The number of carbonyl (C=O) groups excluding carboxylic acids is 1. The zero-order valence-electron chi connectivity index (χ0n) is 13.9. The summed E-state index contributed by atoms with van der Waals surface area (Å²) in [5.41, 5.74) is 2.78. The monoisotopic (exact) mass is 388 g/mol. The van der Waals surface area contributed by atoms with Crippen molar-refractivity contribution in [2.24, 2.45) is 5.92 Å². The minimum atomic E-state index is 0.0271. The fourth-order valence-corrected chi connectivity index (χ4v) is 3.37. The number of nitrogens with one attached hydrogen (secondary N) is 1. The van der Waals surface area contributed by atoms with Gasteiger partial charge in [0.2, 0.25) is 11.9 Å². The van der Waals surface area contributed by atoms with Crippen molar-refractivity contribution in [3.63, 3.8) is 0 Å². The van der Waals surface area contributed by atoms with E-state index in [0.29, 0.717) is 0 Å². The Hall–Kier alpha value is -1.95. The van der Waals surface area contributed by atoms with E-state index in [1.165, 1.54) is 0 Å². The van der Waals surface area contributed by atoms with E-state index >= 15 is 0 Å². The summed E-state index contributed by atoms with van der Waals surface area (Å²) in [6.07, 6.45) is 1.62. The minimum absolute atomic E-state index is 0.0271. The molecular weight excluding hydrogens is 368 g/mol. The summed E-state index contributed by atoms with van der Waals surface area (Å²) in [7, 11) is 0. The van der Waals surface area contributed by atoms with Crippen molar-refractivity contribution in [1.29, 1.82) is 0 Å². The third kappa shape index (κ3) is 3.93. The third-order valence-corrected chi connectivity index (χ3v) is 4.94. The van der Waals surface area contributed by atoms with E-state index < -0.39 is 0 Å². The van der Waals surface area contributed by atoms with E-state index in [-0.39, 0.29) is 11.8 Å². The van der Waals surface area contributed by atoms with Gasteiger partial charge in [-0.3, -0.25) is 4.79 Å². The van der Waals surface area contributed by atoms with E-state index in [1.54, 1.807) is 0 Å². The molecule has 0 saturated carbocycles. The molecule has 0 unspecified atom stereocenters. The molecule has 0 spiro atoms. The van der Waals surface area contributed by atoms with Crippen LogP contribution < -0.4 is 10.2 Å². The molecule has 1 aromatic heterocycles. The normalized spacial score (nSPS) is 15.4. The lowest BCUT2D eigenvalue weighted by molar-refractivity contribution is -0.120. The Morgan fingerprint density at radius 1 is 1.17 bits per heavy atom. The van der Waals surface area contributed by atoms with Gasteiger partial charge in [-0.1, -0.05) is 12.1 Å². The van der Waals surface area contributed by atoms with Crippen molar-refractivity contribution in [3.05, 3.63) is 46.2 Å². The highest BCUT2D eigenvalue weighted by Crippen LogP contribution is 2.25. The molecule has 126 valence electrons. The molecule has 6 heteroatoms. The maximum absolute atomic E-state index is 12.5. The Morgan fingerprint density at radius 3 is 2.42 bits per heavy atom. The van der Waals surface area contributed by atoms with Crippen LogP contribution in [0.3, 0.4) is 0 Å². The number of para-hydroxylation sites is 1. The molecule has 1 saturated heterocycles. The van der Waals surface area contributed by atoms with Gasteiger partial charge in [0.05, 0.1) is 5.69 Å². The maximum Gasteiger partial charge on any atom is 0.227 e. The van der Waals surface area contributed by atoms with E-state index in [2.05, 4.69) is 36.1 Å². The molecule has 1 aromatic carbocycles. The summed E-state index contributed by atoms with van der Waals surface area (Å²) < 4.78 is 0.902. The number of aryl methyl sites for hydroxylation is 2. The molecule has 2 aromatic rings. The lowest BCUT2D eigenvalue weighted by Crippen LogP contribution is -2.39. The first-order valence-corrected chi connectivity index (χ1v) is 8.95. The maximum atomic E-state index is 12.5. The molecule has 0 bridgehead atoms. The van der Waals surface area contributed by atoms with Gasteiger partial charge in [-0.25, -0.2) is 9.97 Å². The van der Waals surface area contributed by atoms with Crippen LogP contribution in [0.25, 0.3) is 0 Å². The topological polar surface area (TPSA) is 58.1 Å². The number of anilines is 2. The number of hydrogen-bond acceptors (Lipinski definition) is 4. The van der Waals surface area contributed by atoms with E-state index in [9.17, 15) is 4.79 Å². The van der Waals surface area contributed by atoms with Crippen LogP contribution in [-0.4, -0.2) is 29.0 Å². The van der Waals surface area contributed by atoms with Crippen molar-refractivity contribution < 1.29 is 4.79 Å². The quantitative estimate of drug-likeness (QED) is 0.870. The predicted octanol–water partition coefficient (Wildman–Crippen LogP) is 3.71. The Labute approximate surface area is 150 Å². The van der Waals surface area contributed by atoms with Gasteiger partial charge >= 0.3 is 0 Å². The standard InChI is InChI=1S/C18H21BrN4O/c1-12-11-13(2)21-18(20-12)23-9-7-14(8-10-23)17(24)22-16-6-4-3-5-15(16)19/h3-6,11,14H,7-10H2,1-2H3,(H,22,24). The summed E-state index contributed by atoms with van der Waals surface area (Å²) >= 11 is 3.46. The van der Waals surface area contributed by atoms with Crippen molar-refractivity contribution in [3.8, 4) is 0 Å².